The third-order valence-electron chi connectivity index (χ3n) is 1.12. The van der Waals surface area contributed by atoms with Gasteiger partial charge in [-0.05, 0) is 6.54 Å². The largest absolute Gasteiger partial charge is 0.316 e. The van der Waals surface area contributed by atoms with E-state index < -0.39 is 10.0 Å². The number of rotatable bonds is 6. The Morgan fingerprint density at radius 1 is 1.33 bits per heavy atom. The molecule has 0 aliphatic heterocycles. The van der Waals surface area contributed by atoms with Gasteiger partial charge in [0.05, 0.1) is 5.75 Å². The predicted molar refractivity (Wildman–Crippen MR) is 49.2 cm³/mol. The smallest absolute Gasteiger partial charge is 0.225 e. The van der Waals surface area contributed by atoms with Crippen molar-refractivity contribution in [3.8, 4) is 0 Å². The topological polar surface area (TPSA) is 61.4 Å². The lowest BCUT2D eigenvalue weighted by Gasteiger charge is -2.12. The van der Waals surface area contributed by atoms with Gasteiger partial charge in [-0.25, -0.2) is 13.4 Å². The third kappa shape index (κ3) is 6.53. The van der Waals surface area contributed by atoms with Crippen molar-refractivity contribution in [3.63, 3.8) is 0 Å². The number of hydrazine groups is 1. The molecule has 0 bridgehead atoms. The lowest BCUT2D eigenvalue weighted by molar-refractivity contribution is 0.364. The Morgan fingerprint density at radius 2 is 1.92 bits per heavy atom. The summed E-state index contributed by atoms with van der Waals surface area (Å²) in [4.78, 5) is 2.34. The minimum Gasteiger partial charge on any atom is -0.316 e. The average molecular weight is 195 g/mol. The van der Waals surface area contributed by atoms with E-state index in [2.05, 4.69) is 10.1 Å². The highest BCUT2D eigenvalue weighted by molar-refractivity contribution is 7.89. The molecule has 6 heteroatoms. The summed E-state index contributed by atoms with van der Waals surface area (Å²) < 4.78 is 22.2. The summed E-state index contributed by atoms with van der Waals surface area (Å²) in [7, 11) is 0.148. The normalized spacial score (nSPS) is 12.3. The SMILES string of the molecule is CCNCCS(=O)(=O)NN(C)C. The monoisotopic (exact) mass is 195 g/mol. The second-order valence-electron chi connectivity index (χ2n) is 2.66. The summed E-state index contributed by atoms with van der Waals surface area (Å²) in [6.07, 6.45) is 0. The van der Waals surface area contributed by atoms with E-state index in [9.17, 15) is 8.42 Å². The van der Waals surface area contributed by atoms with Gasteiger partial charge in [0.15, 0.2) is 0 Å². The molecule has 74 valence electrons. The lowest BCUT2D eigenvalue weighted by Crippen LogP contribution is -2.39. The fourth-order valence-corrected chi connectivity index (χ4v) is 1.77. The van der Waals surface area contributed by atoms with Crippen LogP contribution in [0.4, 0.5) is 0 Å². The van der Waals surface area contributed by atoms with Crippen LogP contribution in [0.15, 0.2) is 0 Å². The van der Waals surface area contributed by atoms with Gasteiger partial charge in [-0.15, -0.1) is 4.83 Å². The molecule has 0 unspecified atom stereocenters. The number of nitrogens with one attached hydrogen (secondary N) is 2. The summed E-state index contributed by atoms with van der Waals surface area (Å²) in [5.41, 5.74) is 0. The van der Waals surface area contributed by atoms with Gasteiger partial charge in [-0.1, -0.05) is 6.92 Å². The van der Waals surface area contributed by atoms with Crippen LogP contribution in [0.25, 0.3) is 0 Å². The first-order valence-electron chi connectivity index (χ1n) is 3.86. The zero-order valence-electron chi connectivity index (χ0n) is 7.79. The Morgan fingerprint density at radius 3 is 2.33 bits per heavy atom. The van der Waals surface area contributed by atoms with Crippen LogP contribution in [-0.4, -0.2) is 46.4 Å². The van der Waals surface area contributed by atoms with E-state index in [0.717, 1.165) is 6.54 Å². The van der Waals surface area contributed by atoms with Gasteiger partial charge in [-0.2, -0.15) is 0 Å². The molecular weight excluding hydrogens is 178 g/mol. The summed E-state index contributed by atoms with van der Waals surface area (Å²) in [5, 5.41) is 4.36. The maximum Gasteiger partial charge on any atom is 0.225 e. The predicted octanol–water partition coefficient (Wildman–Crippen LogP) is -1.01. The zero-order valence-corrected chi connectivity index (χ0v) is 8.61. The first-order valence-corrected chi connectivity index (χ1v) is 5.51. The molecule has 0 spiro atoms. The van der Waals surface area contributed by atoms with Crippen molar-refractivity contribution < 1.29 is 8.42 Å². The lowest BCUT2D eigenvalue weighted by atomic mass is 10.7. The van der Waals surface area contributed by atoms with Crippen LogP contribution in [-0.2, 0) is 10.0 Å². The molecule has 0 heterocycles. The Bertz CT molecular complexity index is 201. The summed E-state index contributed by atoms with van der Waals surface area (Å²) in [5.74, 6) is 0.110. The van der Waals surface area contributed by atoms with Crippen molar-refractivity contribution in [2.75, 3.05) is 32.9 Å². The van der Waals surface area contributed by atoms with Crippen LogP contribution in [0.5, 0.6) is 0 Å². The maximum atomic E-state index is 11.1. The molecule has 2 N–H and O–H groups in total. The maximum absolute atomic E-state index is 11.1. The minimum atomic E-state index is -3.14. The minimum absolute atomic E-state index is 0.110. The Balaban J connectivity index is 3.73. The van der Waals surface area contributed by atoms with Crippen LogP contribution in [0.2, 0.25) is 0 Å². The molecule has 0 aromatic rings. The van der Waals surface area contributed by atoms with E-state index in [-0.39, 0.29) is 5.75 Å². The first-order chi connectivity index (χ1) is 5.48. The Hall–Kier alpha value is -0.170. The average Bonchev–Trinajstić information content (AvgIpc) is 1.84. The number of hydrogen-bond acceptors (Lipinski definition) is 4. The summed E-state index contributed by atoms with van der Waals surface area (Å²) in [6.45, 7) is 3.21. The Kier molecular flexibility index (Phi) is 5.39. The van der Waals surface area contributed by atoms with Crippen molar-refractivity contribution in [1.82, 2.24) is 15.2 Å². The second kappa shape index (κ2) is 5.47. The number of nitrogens with zero attached hydrogens (tertiary/aromatic N) is 1. The molecule has 0 rings (SSSR count). The standard InChI is InChI=1S/C6H17N3O2S/c1-4-7-5-6-12(10,11)8-9(2)3/h7-8H,4-6H2,1-3H3. The molecule has 0 aromatic carbocycles. The summed E-state index contributed by atoms with van der Waals surface area (Å²) >= 11 is 0. The molecule has 0 fully saturated rings. The molecular formula is C6H17N3O2S. The van der Waals surface area contributed by atoms with Gasteiger partial charge >= 0.3 is 0 Å². The molecule has 0 saturated carbocycles. The van der Waals surface area contributed by atoms with E-state index in [1.54, 1.807) is 14.1 Å². The van der Waals surface area contributed by atoms with E-state index in [0.29, 0.717) is 6.54 Å². The van der Waals surface area contributed by atoms with Crippen LogP contribution in [0.3, 0.4) is 0 Å². The molecule has 12 heavy (non-hydrogen) atoms. The van der Waals surface area contributed by atoms with E-state index in [4.69, 9.17) is 0 Å². The van der Waals surface area contributed by atoms with E-state index >= 15 is 0 Å². The Labute approximate surface area is 74.2 Å². The molecule has 0 aliphatic rings. The van der Waals surface area contributed by atoms with E-state index in [1.165, 1.54) is 5.01 Å². The quantitative estimate of drug-likeness (QED) is 0.421. The molecule has 0 aliphatic carbocycles. The van der Waals surface area contributed by atoms with Crippen LogP contribution in [0, 0.1) is 0 Å². The van der Waals surface area contributed by atoms with Gasteiger partial charge in [0.2, 0.25) is 10.0 Å². The zero-order chi connectivity index (χ0) is 9.61. The fraction of sp³-hybridized carbons (Fsp3) is 1.00. The van der Waals surface area contributed by atoms with Gasteiger partial charge in [0.25, 0.3) is 0 Å². The van der Waals surface area contributed by atoms with Crippen molar-refractivity contribution in [2.45, 2.75) is 6.92 Å². The molecule has 0 radical (unpaired) electrons. The van der Waals surface area contributed by atoms with Crippen LogP contribution in [0.1, 0.15) is 6.92 Å². The highest BCUT2D eigenvalue weighted by Gasteiger charge is 2.09. The van der Waals surface area contributed by atoms with Gasteiger partial charge < -0.3 is 5.32 Å². The van der Waals surface area contributed by atoms with Crippen molar-refractivity contribution in [3.05, 3.63) is 0 Å². The highest BCUT2D eigenvalue weighted by atomic mass is 32.2. The first kappa shape index (κ1) is 11.8. The van der Waals surface area contributed by atoms with Crippen LogP contribution < -0.4 is 10.1 Å². The number of sulfonamides is 1. The second-order valence-corrected chi connectivity index (χ2v) is 4.48. The third-order valence-corrected chi connectivity index (χ3v) is 2.50. The molecule has 5 nitrogen and oxygen atoms in total. The van der Waals surface area contributed by atoms with Crippen molar-refractivity contribution in [2.24, 2.45) is 0 Å². The van der Waals surface area contributed by atoms with Gasteiger partial charge in [0, 0.05) is 20.6 Å². The fourth-order valence-electron chi connectivity index (χ4n) is 0.707. The van der Waals surface area contributed by atoms with Gasteiger partial charge in [0.1, 0.15) is 0 Å². The number of hydrogen-bond donors (Lipinski definition) is 2. The van der Waals surface area contributed by atoms with Gasteiger partial charge in [-0.3, -0.25) is 0 Å². The molecule has 0 saturated heterocycles. The summed E-state index contributed by atoms with van der Waals surface area (Å²) in [6, 6.07) is 0. The molecule has 0 aromatic heterocycles. The molecule has 0 amide bonds. The van der Waals surface area contributed by atoms with Crippen molar-refractivity contribution in [1.29, 1.82) is 0 Å². The van der Waals surface area contributed by atoms with E-state index in [1.807, 2.05) is 6.92 Å². The molecule has 0 atom stereocenters. The van der Waals surface area contributed by atoms with Crippen molar-refractivity contribution >= 4 is 10.0 Å². The van der Waals surface area contributed by atoms with Crippen LogP contribution >= 0.6 is 0 Å². The highest BCUT2D eigenvalue weighted by Crippen LogP contribution is 1.82.